The number of aromatic hydroxyl groups is 1. The van der Waals surface area contributed by atoms with Crippen LogP contribution in [0.15, 0.2) is 24.3 Å². The minimum Gasteiger partial charge on any atom is -0.508 e. The fraction of sp³-hybridized carbons (Fsp3) is 0.500. The molecule has 114 valence electrons. The largest absolute Gasteiger partial charge is 0.508 e. The Balaban J connectivity index is 2.03. The first-order chi connectivity index (χ1) is 9.99. The smallest absolute Gasteiger partial charge is 0.307 e. The Hall–Kier alpha value is -2.04. The summed E-state index contributed by atoms with van der Waals surface area (Å²) in [6, 6.07) is 6.67. The Morgan fingerprint density at radius 2 is 1.71 bits per heavy atom. The maximum Gasteiger partial charge on any atom is 0.307 e. The zero-order chi connectivity index (χ0) is 15.4. The minimum atomic E-state index is -0.869. The number of carbonyl (C=O) groups excluding carboxylic acids is 1. The van der Waals surface area contributed by atoms with E-state index in [2.05, 4.69) is 0 Å². The van der Waals surface area contributed by atoms with Crippen LogP contribution in [-0.4, -0.2) is 34.0 Å². The molecule has 0 saturated heterocycles. The number of phenolic OH excluding ortho intramolecular Hbond substituents is 1. The summed E-state index contributed by atoms with van der Waals surface area (Å²) in [4.78, 5) is 25.4. The van der Waals surface area contributed by atoms with Crippen LogP contribution < -0.4 is 0 Å². The van der Waals surface area contributed by atoms with Gasteiger partial charge >= 0.3 is 5.97 Å². The molecule has 5 heteroatoms. The molecule has 1 fully saturated rings. The second-order valence-corrected chi connectivity index (χ2v) is 5.70. The summed E-state index contributed by atoms with van der Waals surface area (Å²) in [5.74, 6) is -1.76. The zero-order valence-corrected chi connectivity index (χ0v) is 12.2. The van der Waals surface area contributed by atoms with Crippen molar-refractivity contribution in [1.82, 2.24) is 4.90 Å². The molecule has 0 radical (unpaired) electrons. The van der Waals surface area contributed by atoms with Gasteiger partial charge in [-0.25, -0.2) is 0 Å². The van der Waals surface area contributed by atoms with E-state index in [1.54, 1.807) is 36.2 Å². The molecule has 21 heavy (non-hydrogen) atoms. The van der Waals surface area contributed by atoms with Gasteiger partial charge in [-0.3, -0.25) is 9.59 Å². The summed E-state index contributed by atoms with van der Waals surface area (Å²) in [6.45, 7) is 0.419. The van der Waals surface area contributed by atoms with E-state index in [1.165, 1.54) is 0 Å². The van der Waals surface area contributed by atoms with E-state index in [-0.39, 0.29) is 11.7 Å². The number of rotatable bonds is 4. The van der Waals surface area contributed by atoms with Gasteiger partial charge in [0.05, 0.1) is 11.8 Å². The molecule has 1 saturated carbocycles. The van der Waals surface area contributed by atoms with Crippen molar-refractivity contribution >= 4 is 11.9 Å². The summed E-state index contributed by atoms with van der Waals surface area (Å²) in [5, 5.41) is 18.5. The van der Waals surface area contributed by atoms with E-state index in [4.69, 9.17) is 0 Å². The number of amides is 1. The Morgan fingerprint density at radius 3 is 2.29 bits per heavy atom. The SMILES string of the molecule is CN(Cc1ccc(O)cc1)C(=O)C1CCCCC1C(=O)O. The molecule has 2 atom stereocenters. The number of nitrogens with zero attached hydrogens (tertiary/aromatic N) is 1. The number of hydrogen-bond acceptors (Lipinski definition) is 3. The first kappa shape index (κ1) is 15.4. The summed E-state index contributed by atoms with van der Waals surface area (Å²) in [6.07, 6.45) is 3.02. The van der Waals surface area contributed by atoms with Crippen molar-refractivity contribution in [3.63, 3.8) is 0 Å². The Morgan fingerprint density at radius 1 is 1.14 bits per heavy atom. The number of aliphatic carboxylic acids is 1. The van der Waals surface area contributed by atoms with Gasteiger partial charge in [-0.1, -0.05) is 25.0 Å². The Kier molecular flexibility index (Phi) is 4.83. The molecule has 1 aromatic rings. The van der Waals surface area contributed by atoms with E-state index in [0.29, 0.717) is 19.4 Å². The molecular weight excluding hydrogens is 270 g/mol. The number of phenols is 1. The molecular formula is C16H21NO4. The third kappa shape index (κ3) is 3.74. The normalized spacial score (nSPS) is 21.8. The van der Waals surface area contributed by atoms with Gasteiger partial charge in [-0.05, 0) is 30.5 Å². The van der Waals surface area contributed by atoms with Gasteiger partial charge in [0.15, 0.2) is 0 Å². The van der Waals surface area contributed by atoms with Crippen LogP contribution in [0.5, 0.6) is 5.75 Å². The van der Waals surface area contributed by atoms with Crippen molar-refractivity contribution in [3.8, 4) is 5.75 Å². The lowest BCUT2D eigenvalue weighted by atomic mass is 9.78. The lowest BCUT2D eigenvalue weighted by molar-refractivity contribution is -0.152. The van der Waals surface area contributed by atoms with Crippen LogP contribution in [0.2, 0.25) is 0 Å². The van der Waals surface area contributed by atoms with Crippen LogP contribution in [0.1, 0.15) is 31.2 Å². The fourth-order valence-electron chi connectivity index (χ4n) is 2.96. The Labute approximate surface area is 124 Å². The first-order valence-electron chi connectivity index (χ1n) is 7.24. The lowest BCUT2D eigenvalue weighted by Gasteiger charge is -2.31. The molecule has 0 spiro atoms. The quantitative estimate of drug-likeness (QED) is 0.892. The number of hydrogen-bond donors (Lipinski definition) is 2. The molecule has 0 heterocycles. The van der Waals surface area contributed by atoms with Gasteiger partial charge in [-0.15, -0.1) is 0 Å². The zero-order valence-electron chi connectivity index (χ0n) is 12.2. The van der Waals surface area contributed by atoms with Crippen molar-refractivity contribution in [2.75, 3.05) is 7.05 Å². The van der Waals surface area contributed by atoms with Crippen molar-refractivity contribution in [2.24, 2.45) is 11.8 Å². The molecule has 1 aromatic carbocycles. The molecule has 0 aromatic heterocycles. The van der Waals surface area contributed by atoms with E-state index in [0.717, 1.165) is 18.4 Å². The molecule has 1 aliphatic carbocycles. The van der Waals surface area contributed by atoms with Crippen LogP contribution in [-0.2, 0) is 16.1 Å². The molecule has 1 amide bonds. The maximum absolute atomic E-state index is 12.5. The minimum absolute atomic E-state index is 0.102. The second-order valence-electron chi connectivity index (χ2n) is 5.70. The van der Waals surface area contributed by atoms with Gasteiger partial charge in [0.25, 0.3) is 0 Å². The second kappa shape index (κ2) is 6.61. The molecule has 5 nitrogen and oxygen atoms in total. The molecule has 2 N–H and O–H groups in total. The lowest BCUT2D eigenvalue weighted by Crippen LogP contribution is -2.40. The predicted molar refractivity (Wildman–Crippen MR) is 77.7 cm³/mol. The van der Waals surface area contributed by atoms with Crippen LogP contribution in [0, 0.1) is 11.8 Å². The van der Waals surface area contributed by atoms with Crippen LogP contribution >= 0.6 is 0 Å². The van der Waals surface area contributed by atoms with Crippen molar-refractivity contribution in [2.45, 2.75) is 32.2 Å². The summed E-state index contributed by atoms with van der Waals surface area (Å²) in [5.41, 5.74) is 0.909. The van der Waals surface area contributed by atoms with Crippen LogP contribution in [0.3, 0.4) is 0 Å². The molecule has 0 bridgehead atoms. The van der Waals surface area contributed by atoms with E-state index in [1.807, 2.05) is 0 Å². The van der Waals surface area contributed by atoms with Crippen molar-refractivity contribution < 1.29 is 19.8 Å². The van der Waals surface area contributed by atoms with Gasteiger partial charge in [0, 0.05) is 13.6 Å². The average molecular weight is 291 g/mol. The Bertz CT molecular complexity index is 512. The first-order valence-corrected chi connectivity index (χ1v) is 7.24. The number of benzene rings is 1. The van der Waals surface area contributed by atoms with Gasteiger partial charge in [0.1, 0.15) is 5.75 Å². The van der Waals surface area contributed by atoms with Crippen LogP contribution in [0.25, 0.3) is 0 Å². The number of carboxylic acid groups (broad SMARTS) is 1. The number of carboxylic acids is 1. The maximum atomic E-state index is 12.5. The van der Waals surface area contributed by atoms with Crippen molar-refractivity contribution in [3.05, 3.63) is 29.8 Å². The number of carbonyl (C=O) groups is 2. The van der Waals surface area contributed by atoms with E-state index in [9.17, 15) is 19.8 Å². The molecule has 1 aliphatic rings. The molecule has 0 aliphatic heterocycles. The molecule has 2 rings (SSSR count). The summed E-state index contributed by atoms with van der Waals surface area (Å²) < 4.78 is 0. The van der Waals surface area contributed by atoms with E-state index >= 15 is 0 Å². The topological polar surface area (TPSA) is 77.8 Å². The van der Waals surface area contributed by atoms with E-state index < -0.39 is 17.8 Å². The summed E-state index contributed by atoms with van der Waals surface area (Å²) >= 11 is 0. The predicted octanol–water partition coefficient (Wildman–Crippen LogP) is 2.24. The molecule has 2 unspecified atom stereocenters. The highest BCUT2D eigenvalue weighted by Gasteiger charge is 2.36. The highest BCUT2D eigenvalue weighted by molar-refractivity contribution is 5.84. The summed E-state index contributed by atoms with van der Waals surface area (Å²) in [7, 11) is 1.70. The van der Waals surface area contributed by atoms with Gasteiger partial charge < -0.3 is 15.1 Å². The van der Waals surface area contributed by atoms with Crippen molar-refractivity contribution in [1.29, 1.82) is 0 Å². The highest BCUT2D eigenvalue weighted by atomic mass is 16.4. The average Bonchev–Trinajstić information content (AvgIpc) is 2.48. The van der Waals surface area contributed by atoms with Crippen LogP contribution in [0.4, 0.5) is 0 Å². The van der Waals surface area contributed by atoms with Gasteiger partial charge in [0.2, 0.25) is 5.91 Å². The monoisotopic (exact) mass is 291 g/mol. The highest BCUT2D eigenvalue weighted by Crippen LogP contribution is 2.31. The standard InChI is InChI=1S/C16H21NO4/c1-17(10-11-6-8-12(18)9-7-11)15(19)13-4-2-3-5-14(13)16(20)21/h6-9,13-14,18H,2-5,10H2,1H3,(H,20,21). The third-order valence-electron chi connectivity index (χ3n) is 4.13. The fourth-order valence-corrected chi connectivity index (χ4v) is 2.96. The van der Waals surface area contributed by atoms with Gasteiger partial charge in [-0.2, -0.15) is 0 Å². The third-order valence-corrected chi connectivity index (χ3v) is 4.13.